The Morgan fingerprint density at radius 1 is 1.28 bits per heavy atom. The third-order valence-electron chi connectivity index (χ3n) is 4.66. The highest BCUT2D eigenvalue weighted by molar-refractivity contribution is 5.81. The highest BCUT2D eigenvalue weighted by Crippen LogP contribution is 2.24. The van der Waals surface area contributed by atoms with Crippen molar-refractivity contribution in [2.75, 3.05) is 6.54 Å². The van der Waals surface area contributed by atoms with Crippen molar-refractivity contribution in [3.05, 3.63) is 35.9 Å². The van der Waals surface area contributed by atoms with E-state index in [1.807, 2.05) is 37.3 Å². The number of carbonyl (C=O) groups is 2. The molecule has 2 amide bonds. The molecular weight excluding hydrogens is 318 g/mol. The molecular formula is C19H29N3O3. The van der Waals surface area contributed by atoms with Crippen molar-refractivity contribution in [1.29, 1.82) is 0 Å². The Labute approximate surface area is 149 Å². The lowest BCUT2D eigenvalue weighted by Crippen LogP contribution is -2.57. The first-order valence-corrected chi connectivity index (χ1v) is 9.06. The van der Waals surface area contributed by atoms with Gasteiger partial charge in [-0.25, -0.2) is 4.79 Å². The number of rotatable bonds is 6. The van der Waals surface area contributed by atoms with Crippen LogP contribution in [0.25, 0.3) is 0 Å². The van der Waals surface area contributed by atoms with Gasteiger partial charge in [0.25, 0.3) is 0 Å². The fraction of sp³-hybridized carbons (Fsp3) is 0.579. The number of hydrogen-bond acceptors (Lipinski definition) is 4. The van der Waals surface area contributed by atoms with Crippen LogP contribution in [0, 0.1) is 0 Å². The van der Waals surface area contributed by atoms with E-state index in [4.69, 9.17) is 10.5 Å². The van der Waals surface area contributed by atoms with Gasteiger partial charge in [-0.15, -0.1) is 0 Å². The van der Waals surface area contributed by atoms with Crippen molar-refractivity contribution in [3.8, 4) is 0 Å². The van der Waals surface area contributed by atoms with E-state index in [2.05, 4.69) is 5.32 Å². The van der Waals surface area contributed by atoms with Gasteiger partial charge in [0.2, 0.25) is 5.91 Å². The summed E-state index contributed by atoms with van der Waals surface area (Å²) >= 11 is 0. The number of hydrogen-bond donors (Lipinski definition) is 2. The number of ether oxygens (including phenoxy) is 1. The molecule has 0 aliphatic heterocycles. The molecule has 6 nitrogen and oxygen atoms in total. The highest BCUT2D eigenvalue weighted by atomic mass is 16.5. The molecule has 0 aromatic heterocycles. The molecule has 0 heterocycles. The van der Waals surface area contributed by atoms with Gasteiger partial charge in [0.1, 0.15) is 6.61 Å². The molecule has 1 saturated carbocycles. The Kier molecular flexibility index (Phi) is 7.25. The molecule has 3 N–H and O–H groups in total. The van der Waals surface area contributed by atoms with E-state index in [1.165, 1.54) is 0 Å². The molecule has 1 aromatic carbocycles. The summed E-state index contributed by atoms with van der Waals surface area (Å²) in [5.74, 6) is -0.0705. The Morgan fingerprint density at radius 2 is 1.96 bits per heavy atom. The maximum atomic E-state index is 12.4. The number of nitrogens with one attached hydrogen (secondary N) is 1. The molecule has 138 valence electrons. The van der Waals surface area contributed by atoms with Gasteiger partial charge < -0.3 is 20.7 Å². The maximum Gasteiger partial charge on any atom is 0.407 e. The highest BCUT2D eigenvalue weighted by Gasteiger charge is 2.34. The smallest absolute Gasteiger partial charge is 0.407 e. The third kappa shape index (κ3) is 5.46. The van der Waals surface area contributed by atoms with Gasteiger partial charge in [-0.2, -0.15) is 0 Å². The average molecular weight is 347 g/mol. The zero-order chi connectivity index (χ0) is 18.2. The molecule has 0 saturated heterocycles. The van der Waals surface area contributed by atoms with E-state index in [0.29, 0.717) is 6.54 Å². The van der Waals surface area contributed by atoms with Crippen molar-refractivity contribution in [3.63, 3.8) is 0 Å². The van der Waals surface area contributed by atoms with Crippen LogP contribution in [0.5, 0.6) is 0 Å². The zero-order valence-corrected chi connectivity index (χ0v) is 15.1. The Hall–Kier alpha value is -2.08. The molecule has 3 atom stereocenters. The van der Waals surface area contributed by atoms with Crippen molar-refractivity contribution in [2.45, 2.75) is 64.3 Å². The van der Waals surface area contributed by atoms with Gasteiger partial charge >= 0.3 is 6.09 Å². The standard InChI is InChI=1S/C19H29N3O3/c1-3-22(18(23)14(2)20)17-12-8-7-11-16(17)21-19(24)25-13-15-9-5-4-6-10-15/h4-6,9-10,14,16-17H,3,7-8,11-13,20H2,1-2H3,(H,21,24)/t14-,16+,17-/m0/s1. The second kappa shape index (κ2) is 9.42. The monoisotopic (exact) mass is 347 g/mol. The summed E-state index contributed by atoms with van der Waals surface area (Å²) in [4.78, 5) is 26.4. The fourth-order valence-electron chi connectivity index (χ4n) is 3.38. The predicted molar refractivity (Wildman–Crippen MR) is 96.8 cm³/mol. The molecule has 2 rings (SSSR count). The first kappa shape index (κ1) is 19.2. The van der Waals surface area contributed by atoms with Gasteiger partial charge in [-0.1, -0.05) is 43.2 Å². The molecule has 1 fully saturated rings. The fourth-order valence-corrected chi connectivity index (χ4v) is 3.38. The molecule has 1 aliphatic carbocycles. The zero-order valence-electron chi connectivity index (χ0n) is 15.1. The Morgan fingerprint density at radius 3 is 2.60 bits per heavy atom. The summed E-state index contributed by atoms with van der Waals surface area (Å²) < 4.78 is 5.32. The molecule has 0 radical (unpaired) electrons. The average Bonchev–Trinajstić information content (AvgIpc) is 2.62. The summed E-state index contributed by atoms with van der Waals surface area (Å²) in [5, 5.41) is 2.95. The number of alkyl carbamates (subject to hydrolysis) is 1. The van der Waals surface area contributed by atoms with Crippen molar-refractivity contribution >= 4 is 12.0 Å². The van der Waals surface area contributed by atoms with Gasteiger partial charge in [0.15, 0.2) is 0 Å². The first-order valence-electron chi connectivity index (χ1n) is 9.06. The number of carbonyl (C=O) groups excluding carboxylic acids is 2. The van der Waals surface area contributed by atoms with E-state index >= 15 is 0 Å². The predicted octanol–water partition coefficient (Wildman–Crippen LogP) is 2.42. The van der Waals surface area contributed by atoms with E-state index in [9.17, 15) is 9.59 Å². The molecule has 1 aromatic rings. The number of benzene rings is 1. The van der Waals surface area contributed by atoms with Crippen LogP contribution in [0.3, 0.4) is 0 Å². The molecule has 25 heavy (non-hydrogen) atoms. The Bertz CT molecular complexity index is 562. The molecule has 0 spiro atoms. The van der Waals surface area contributed by atoms with Crippen LogP contribution in [0.1, 0.15) is 45.1 Å². The summed E-state index contributed by atoms with van der Waals surface area (Å²) in [7, 11) is 0. The first-order chi connectivity index (χ1) is 12.0. The van der Waals surface area contributed by atoms with E-state index < -0.39 is 12.1 Å². The van der Waals surface area contributed by atoms with E-state index in [0.717, 1.165) is 31.2 Å². The SMILES string of the molecule is CCN(C(=O)[C@H](C)N)[C@H]1CCCC[C@H]1NC(=O)OCc1ccccc1. The van der Waals surface area contributed by atoms with Crippen LogP contribution in [-0.2, 0) is 16.1 Å². The largest absolute Gasteiger partial charge is 0.445 e. The van der Waals surface area contributed by atoms with Crippen molar-refractivity contribution in [2.24, 2.45) is 5.73 Å². The van der Waals surface area contributed by atoms with Gasteiger partial charge in [0, 0.05) is 6.54 Å². The lowest BCUT2D eigenvalue weighted by molar-refractivity contribution is -0.135. The quantitative estimate of drug-likeness (QED) is 0.828. The van der Waals surface area contributed by atoms with Gasteiger partial charge in [-0.3, -0.25) is 4.79 Å². The minimum atomic E-state index is -0.535. The summed E-state index contributed by atoms with van der Waals surface area (Å²) in [6.07, 6.45) is 3.35. The normalized spacial score (nSPS) is 21.2. The number of nitrogens with two attached hydrogens (primary N) is 1. The third-order valence-corrected chi connectivity index (χ3v) is 4.66. The summed E-state index contributed by atoms with van der Waals surface area (Å²) in [6, 6.07) is 8.91. The summed E-state index contributed by atoms with van der Waals surface area (Å²) in [5.41, 5.74) is 6.72. The van der Waals surface area contributed by atoms with Gasteiger partial charge in [-0.05, 0) is 32.3 Å². The van der Waals surface area contributed by atoms with Gasteiger partial charge in [0.05, 0.1) is 18.1 Å². The van der Waals surface area contributed by atoms with Crippen LogP contribution in [0.15, 0.2) is 30.3 Å². The summed E-state index contributed by atoms with van der Waals surface area (Å²) in [6.45, 7) is 4.46. The Balaban J connectivity index is 1.95. The molecule has 0 unspecified atom stereocenters. The number of likely N-dealkylation sites (N-methyl/N-ethyl adjacent to an activating group) is 1. The minimum absolute atomic E-state index is 0.0264. The van der Waals surface area contributed by atoms with E-state index in [1.54, 1.807) is 11.8 Å². The van der Waals surface area contributed by atoms with Crippen LogP contribution in [0.4, 0.5) is 4.79 Å². The second-order valence-corrected chi connectivity index (χ2v) is 6.58. The molecule has 0 bridgehead atoms. The maximum absolute atomic E-state index is 12.4. The van der Waals surface area contributed by atoms with E-state index in [-0.39, 0.29) is 24.6 Å². The molecule has 6 heteroatoms. The number of amides is 2. The lowest BCUT2D eigenvalue weighted by Gasteiger charge is -2.40. The van der Waals surface area contributed by atoms with Crippen LogP contribution in [0.2, 0.25) is 0 Å². The van der Waals surface area contributed by atoms with Crippen molar-refractivity contribution < 1.29 is 14.3 Å². The second-order valence-electron chi connectivity index (χ2n) is 6.58. The van der Waals surface area contributed by atoms with Crippen LogP contribution < -0.4 is 11.1 Å². The number of nitrogens with zero attached hydrogens (tertiary/aromatic N) is 1. The lowest BCUT2D eigenvalue weighted by atomic mass is 9.89. The minimum Gasteiger partial charge on any atom is -0.445 e. The van der Waals surface area contributed by atoms with Crippen LogP contribution >= 0.6 is 0 Å². The van der Waals surface area contributed by atoms with Crippen LogP contribution in [-0.4, -0.2) is 41.6 Å². The topological polar surface area (TPSA) is 84.7 Å². The molecule has 1 aliphatic rings. The van der Waals surface area contributed by atoms with Crippen molar-refractivity contribution in [1.82, 2.24) is 10.2 Å².